The van der Waals surface area contributed by atoms with Gasteiger partial charge in [0.1, 0.15) is 10.8 Å². The molecule has 0 unspecified atom stereocenters. The summed E-state index contributed by atoms with van der Waals surface area (Å²) in [6.07, 6.45) is 0.585. The summed E-state index contributed by atoms with van der Waals surface area (Å²) in [6, 6.07) is 18.0. The Bertz CT molecular complexity index is 1600. The molecule has 3 heterocycles. The van der Waals surface area contributed by atoms with Gasteiger partial charge in [0.15, 0.2) is 11.6 Å². The SMILES string of the molecule is Cc1nc(-c2ccc(-c3c(C)nc(-c4cccc(F)c4O)n(CCc4ccccc4)c3=O)s2)sc1C. The fraction of sp³-hybridized carbons (Fsp3) is 0.179. The first-order chi connectivity index (χ1) is 17.3. The molecular formula is C28H24FN3O2S2. The summed E-state index contributed by atoms with van der Waals surface area (Å²) in [5, 5.41) is 11.4. The van der Waals surface area contributed by atoms with E-state index in [1.165, 1.54) is 28.3 Å². The number of benzene rings is 2. The molecule has 0 saturated carbocycles. The van der Waals surface area contributed by atoms with Gasteiger partial charge < -0.3 is 5.11 Å². The normalized spacial score (nSPS) is 11.2. The Balaban J connectivity index is 1.64. The third-order valence-corrected chi connectivity index (χ3v) is 8.48. The summed E-state index contributed by atoms with van der Waals surface area (Å²) in [6.45, 7) is 6.14. The third-order valence-electron chi connectivity index (χ3n) is 6.14. The van der Waals surface area contributed by atoms with E-state index in [1.807, 2.05) is 56.3 Å². The second-order valence-corrected chi connectivity index (χ2v) is 10.8. The first-order valence-corrected chi connectivity index (χ1v) is 13.1. The molecule has 0 spiro atoms. The van der Waals surface area contributed by atoms with E-state index < -0.39 is 11.6 Å². The van der Waals surface area contributed by atoms with Crippen LogP contribution in [-0.2, 0) is 13.0 Å². The van der Waals surface area contributed by atoms with E-state index in [0.717, 1.165) is 26.0 Å². The Labute approximate surface area is 216 Å². The molecule has 0 aliphatic carbocycles. The fourth-order valence-corrected chi connectivity index (χ4v) is 6.17. The lowest BCUT2D eigenvalue weighted by atomic mass is 10.1. The average Bonchev–Trinajstić information content (AvgIpc) is 3.47. The Morgan fingerprint density at radius 1 is 0.889 bits per heavy atom. The van der Waals surface area contributed by atoms with Crippen molar-refractivity contribution in [1.29, 1.82) is 0 Å². The number of aryl methyl sites for hydroxylation is 4. The molecule has 0 fully saturated rings. The highest BCUT2D eigenvalue weighted by Crippen LogP contribution is 2.38. The lowest BCUT2D eigenvalue weighted by Crippen LogP contribution is -2.27. The van der Waals surface area contributed by atoms with Gasteiger partial charge in [-0.15, -0.1) is 22.7 Å². The molecule has 0 saturated heterocycles. The smallest absolute Gasteiger partial charge is 0.262 e. The van der Waals surface area contributed by atoms with Gasteiger partial charge in [-0.2, -0.15) is 0 Å². The summed E-state index contributed by atoms with van der Waals surface area (Å²) in [7, 11) is 0. The molecule has 36 heavy (non-hydrogen) atoms. The fourth-order valence-electron chi connectivity index (χ4n) is 4.10. The van der Waals surface area contributed by atoms with E-state index in [-0.39, 0.29) is 16.9 Å². The van der Waals surface area contributed by atoms with E-state index in [4.69, 9.17) is 4.98 Å². The van der Waals surface area contributed by atoms with Crippen LogP contribution in [0.15, 0.2) is 65.5 Å². The standard InChI is InChI=1S/C28H24FN3O2S2/c1-16-18(3)35-27(31-16)23-13-12-22(36-23)24-17(2)30-26(20-10-7-11-21(29)25(20)33)32(28(24)34)15-14-19-8-5-4-6-9-19/h4-13,33H,14-15H2,1-3H3. The van der Waals surface area contributed by atoms with Crippen LogP contribution in [0.1, 0.15) is 21.8 Å². The quantitative estimate of drug-likeness (QED) is 0.270. The second kappa shape index (κ2) is 9.79. The van der Waals surface area contributed by atoms with Crippen molar-refractivity contribution in [2.24, 2.45) is 0 Å². The number of thiazole rings is 1. The van der Waals surface area contributed by atoms with Crippen LogP contribution in [0.25, 0.3) is 31.7 Å². The first kappa shape index (κ1) is 24.1. The summed E-state index contributed by atoms with van der Waals surface area (Å²) < 4.78 is 15.8. The van der Waals surface area contributed by atoms with Gasteiger partial charge in [-0.1, -0.05) is 36.4 Å². The minimum Gasteiger partial charge on any atom is -0.504 e. The highest BCUT2D eigenvalue weighted by atomic mass is 32.1. The molecule has 8 heteroatoms. The largest absolute Gasteiger partial charge is 0.504 e. The number of para-hydroxylation sites is 1. The molecular weight excluding hydrogens is 493 g/mol. The van der Waals surface area contributed by atoms with Gasteiger partial charge >= 0.3 is 0 Å². The topological polar surface area (TPSA) is 68.0 Å². The van der Waals surface area contributed by atoms with Crippen molar-refractivity contribution in [3.63, 3.8) is 0 Å². The van der Waals surface area contributed by atoms with Crippen molar-refractivity contribution >= 4 is 22.7 Å². The van der Waals surface area contributed by atoms with Gasteiger partial charge in [0.05, 0.1) is 27.4 Å². The number of thiophene rings is 1. The molecule has 2 aromatic carbocycles. The van der Waals surface area contributed by atoms with Crippen LogP contribution in [0, 0.1) is 26.6 Å². The molecule has 0 atom stereocenters. The zero-order chi connectivity index (χ0) is 25.4. The number of rotatable bonds is 6. The Morgan fingerprint density at radius 2 is 1.64 bits per heavy atom. The minimum atomic E-state index is -0.755. The summed E-state index contributed by atoms with van der Waals surface area (Å²) in [5.41, 5.74) is 3.06. The van der Waals surface area contributed by atoms with Gasteiger partial charge in [0.25, 0.3) is 5.56 Å². The Morgan fingerprint density at radius 3 is 2.36 bits per heavy atom. The number of hydrogen-bond donors (Lipinski definition) is 1. The van der Waals surface area contributed by atoms with Crippen LogP contribution in [0.3, 0.4) is 0 Å². The van der Waals surface area contributed by atoms with E-state index in [2.05, 4.69) is 4.98 Å². The van der Waals surface area contributed by atoms with E-state index in [1.54, 1.807) is 28.9 Å². The second-order valence-electron chi connectivity index (χ2n) is 8.55. The van der Waals surface area contributed by atoms with Crippen LogP contribution in [0.2, 0.25) is 0 Å². The summed E-state index contributed by atoms with van der Waals surface area (Å²) in [4.78, 5) is 26.3. The van der Waals surface area contributed by atoms with Gasteiger partial charge in [-0.3, -0.25) is 9.36 Å². The third kappa shape index (κ3) is 4.50. The lowest BCUT2D eigenvalue weighted by molar-refractivity contribution is 0.433. The predicted molar refractivity (Wildman–Crippen MR) is 144 cm³/mol. The maximum atomic E-state index is 14.2. The molecule has 0 amide bonds. The minimum absolute atomic E-state index is 0.190. The lowest BCUT2D eigenvalue weighted by Gasteiger charge is -2.16. The van der Waals surface area contributed by atoms with Crippen molar-refractivity contribution in [3.05, 3.63) is 98.7 Å². The maximum absolute atomic E-state index is 14.2. The van der Waals surface area contributed by atoms with E-state index in [0.29, 0.717) is 24.2 Å². The molecule has 0 aliphatic heterocycles. The molecule has 5 nitrogen and oxygen atoms in total. The van der Waals surface area contributed by atoms with Crippen molar-refractivity contribution < 1.29 is 9.50 Å². The van der Waals surface area contributed by atoms with Gasteiger partial charge in [-0.05, 0) is 57.0 Å². The number of phenolic OH excluding ortho intramolecular Hbond substituents is 1. The van der Waals surface area contributed by atoms with Crippen molar-refractivity contribution in [1.82, 2.24) is 14.5 Å². The van der Waals surface area contributed by atoms with E-state index >= 15 is 0 Å². The van der Waals surface area contributed by atoms with Gasteiger partial charge in [0.2, 0.25) is 0 Å². The van der Waals surface area contributed by atoms with E-state index in [9.17, 15) is 14.3 Å². The Hall–Kier alpha value is -3.62. The zero-order valence-electron chi connectivity index (χ0n) is 20.1. The number of aromatic nitrogens is 3. The molecule has 182 valence electrons. The number of nitrogens with zero attached hydrogens (tertiary/aromatic N) is 3. The molecule has 5 aromatic rings. The number of halogens is 1. The van der Waals surface area contributed by atoms with Crippen LogP contribution in [0.5, 0.6) is 5.75 Å². The van der Waals surface area contributed by atoms with Gasteiger partial charge in [-0.25, -0.2) is 14.4 Å². The van der Waals surface area contributed by atoms with Crippen molar-refractivity contribution in [3.8, 4) is 37.5 Å². The highest BCUT2D eigenvalue weighted by molar-refractivity contribution is 7.23. The predicted octanol–water partition coefficient (Wildman–Crippen LogP) is 6.77. The Kier molecular flexibility index (Phi) is 6.55. The van der Waals surface area contributed by atoms with Crippen molar-refractivity contribution in [2.75, 3.05) is 0 Å². The van der Waals surface area contributed by atoms with Crippen LogP contribution in [0.4, 0.5) is 4.39 Å². The molecule has 3 aromatic heterocycles. The van der Waals surface area contributed by atoms with Crippen LogP contribution >= 0.6 is 22.7 Å². The average molecular weight is 518 g/mol. The van der Waals surface area contributed by atoms with Crippen LogP contribution < -0.4 is 5.56 Å². The molecule has 1 N–H and O–H groups in total. The number of hydrogen-bond acceptors (Lipinski definition) is 6. The first-order valence-electron chi connectivity index (χ1n) is 11.5. The number of aromatic hydroxyl groups is 1. The molecule has 0 radical (unpaired) electrons. The monoisotopic (exact) mass is 517 g/mol. The number of phenols is 1. The highest BCUT2D eigenvalue weighted by Gasteiger charge is 2.22. The molecule has 0 bridgehead atoms. The summed E-state index contributed by atoms with van der Waals surface area (Å²) in [5.74, 6) is -1.02. The molecule has 5 rings (SSSR count). The van der Waals surface area contributed by atoms with Crippen LogP contribution in [-0.4, -0.2) is 19.6 Å². The zero-order valence-corrected chi connectivity index (χ0v) is 21.7. The van der Waals surface area contributed by atoms with Gasteiger partial charge in [0, 0.05) is 16.3 Å². The maximum Gasteiger partial charge on any atom is 0.262 e. The summed E-state index contributed by atoms with van der Waals surface area (Å²) >= 11 is 3.14. The van der Waals surface area contributed by atoms with Crippen molar-refractivity contribution in [2.45, 2.75) is 33.7 Å². The molecule has 0 aliphatic rings.